The first-order valence-corrected chi connectivity index (χ1v) is 8.16. The molecule has 0 aliphatic rings. The van der Waals surface area contributed by atoms with Crippen LogP contribution in [-0.2, 0) is 0 Å². The van der Waals surface area contributed by atoms with E-state index >= 15 is 0 Å². The molecule has 0 fully saturated rings. The van der Waals surface area contributed by atoms with Crippen LogP contribution in [0.15, 0.2) is 66.1 Å². The van der Waals surface area contributed by atoms with Gasteiger partial charge in [0, 0.05) is 10.8 Å². The molecule has 0 N–H and O–H groups in total. The monoisotopic (exact) mass is 331 g/mol. The number of para-hydroxylation sites is 1. The second kappa shape index (κ2) is 7.33. The number of aromatic nitrogens is 3. The zero-order valence-corrected chi connectivity index (χ0v) is 13.3. The summed E-state index contributed by atoms with van der Waals surface area (Å²) in [5, 5.41) is 9.63. The summed E-state index contributed by atoms with van der Waals surface area (Å²) in [6, 6.07) is 17.4. The fraction of sp³-hybridized carbons (Fsp3) is 0.125. The van der Waals surface area contributed by atoms with E-state index in [0.717, 1.165) is 22.3 Å². The molecule has 0 bridgehead atoms. The van der Waals surface area contributed by atoms with E-state index in [-0.39, 0.29) is 0 Å². The summed E-state index contributed by atoms with van der Waals surface area (Å²) < 4.78 is 7.59. The van der Waals surface area contributed by atoms with Crippen LogP contribution >= 0.6 is 23.4 Å². The summed E-state index contributed by atoms with van der Waals surface area (Å²) in [4.78, 5) is 0. The Morgan fingerprint density at radius 2 is 1.95 bits per heavy atom. The Hall–Kier alpha value is -1.98. The molecule has 6 heteroatoms. The predicted octanol–water partition coefficient (Wildman–Crippen LogP) is 4.09. The second-order valence-electron chi connectivity index (χ2n) is 4.47. The molecule has 0 saturated carbocycles. The fourth-order valence-electron chi connectivity index (χ4n) is 1.94. The number of thioether (sulfide) groups is 1. The van der Waals surface area contributed by atoms with Gasteiger partial charge in [-0.15, -0.1) is 10.2 Å². The summed E-state index contributed by atoms with van der Waals surface area (Å²) in [6.07, 6.45) is 1.69. The molecule has 4 nitrogen and oxygen atoms in total. The van der Waals surface area contributed by atoms with Crippen molar-refractivity contribution < 1.29 is 4.74 Å². The van der Waals surface area contributed by atoms with Gasteiger partial charge in [-0.1, -0.05) is 47.6 Å². The van der Waals surface area contributed by atoms with Gasteiger partial charge in [-0.2, -0.15) is 0 Å². The van der Waals surface area contributed by atoms with Crippen LogP contribution in [-0.4, -0.2) is 27.1 Å². The summed E-state index contributed by atoms with van der Waals surface area (Å²) in [5.74, 6) is 1.66. The Bertz CT molecular complexity index is 733. The maximum Gasteiger partial charge on any atom is 0.195 e. The van der Waals surface area contributed by atoms with E-state index in [1.165, 1.54) is 0 Å². The van der Waals surface area contributed by atoms with Crippen LogP contribution in [0.3, 0.4) is 0 Å². The van der Waals surface area contributed by atoms with Crippen molar-refractivity contribution in [2.75, 3.05) is 12.4 Å². The van der Waals surface area contributed by atoms with Crippen LogP contribution in [0.1, 0.15) is 0 Å². The molecule has 3 aromatic rings. The molecule has 0 radical (unpaired) electrons. The Morgan fingerprint density at radius 1 is 1.09 bits per heavy atom. The van der Waals surface area contributed by atoms with E-state index in [4.69, 9.17) is 16.3 Å². The average Bonchev–Trinajstić information content (AvgIpc) is 3.01. The lowest BCUT2D eigenvalue weighted by Gasteiger charge is -2.07. The Morgan fingerprint density at radius 3 is 2.77 bits per heavy atom. The van der Waals surface area contributed by atoms with Crippen molar-refractivity contribution in [3.8, 4) is 11.4 Å². The Kier molecular flexibility index (Phi) is 4.98. The molecular weight excluding hydrogens is 318 g/mol. The van der Waals surface area contributed by atoms with Gasteiger partial charge >= 0.3 is 0 Å². The number of hydrogen-bond acceptors (Lipinski definition) is 4. The van der Waals surface area contributed by atoms with Gasteiger partial charge in [-0.25, -0.2) is 0 Å². The van der Waals surface area contributed by atoms with Gasteiger partial charge in [0.15, 0.2) is 5.16 Å². The molecule has 0 aliphatic carbocycles. The number of ether oxygens (including phenoxy) is 1. The van der Waals surface area contributed by atoms with Crippen LogP contribution in [0.5, 0.6) is 5.75 Å². The lowest BCUT2D eigenvalue weighted by molar-refractivity contribution is 0.344. The molecule has 0 saturated heterocycles. The van der Waals surface area contributed by atoms with Crippen LogP contribution in [0.2, 0.25) is 5.02 Å². The van der Waals surface area contributed by atoms with Gasteiger partial charge < -0.3 is 4.74 Å². The average molecular weight is 332 g/mol. The standard InChI is InChI=1S/C16H14ClN3OS/c17-13-5-4-6-14(11-13)20-12-18-19-16(20)22-10-9-21-15-7-2-1-3-8-15/h1-8,11-12H,9-10H2. The number of rotatable bonds is 6. The van der Waals surface area contributed by atoms with E-state index in [1.54, 1.807) is 18.1 Å². The molecular formula is C16H14ClN3OS. The molecule has 0 spiro atoms. The number of hydrogen-bond donors (Lipinski definition) is 0. The first-order chi connectivity index (χ1) is 10.8. The molecule has 0 atom stereocenters. The predicted molar refractivity (Wildman–Crippen MR) is 89.0 cm³/mol. The molecule has 1 heterocycles. The van der Waals surface area contributed by atoms with Crippen LogP contribution in [0, 0.1) is 0 Å². The van der Waals surface area contributed by atoms with E-state index in [2.05, 4.69) is 10.2 Å². The van der Waals surface area contributed by atoms with E-state index in [9.17, 15) is 0 Å². The SMILES string of the molecule is Clc1cccc(-n2cnnc2SCCOc2ccccc2)c1. The van der Waals surface area contributed by atoms with Crippen molar-refractivity contribution >= 4 is 23.4 Å². The summed E-state index contributed by atoms with van der Waals surface area (Å²) in [6.45, 7) is 0.608. The van der Waals surface area contributed by atoms with E-state index in [0.29, 0.717) is 11.6 Å². The highest BCUT2D eigenvalue weighted by Crippen LogP contribution is 2.21. The van der Waals surface area contributed by atoms with Gasteiger partial charge in [0.2, 0.25) is 0 Å². The minimum atomic E-state index is 0.608. The van der Waals surface area contributed by atoms with Crippen molar-refractivity contribution in [1.29, 1.82) is 0 Å². The van der Waals surface area contributed by atoms with Gasteiger partial charge in [-0.3, -0.25) is 4.57 Å². The van der Waals surface area contributed by atoms with Gasteiger partial charge in [0.25, 0.3) is 0 Å². The van der Waals surface area contributed by atoms with Gasteiger partial charge in [0.05, 0.1) is 12.3 Å². The highest BCUT2D eigenvalue weighted by Gasteiger charge is 2.07. The van der Waals surface area contributed by atoms with E-state index in [1.807, 2.05) is 59.2 Å². The Labute approximate surface area is 138 Å². The first kappa shape index (κ1) is 14.9. The molecule has 2 aromatic carbocycles. The smallest absolute Gasteiger partial charge is 0.195 e. The topological polar surface area (TPSA) is 39.9 Å². The van der Waals surface area contributed by atoms with Gasteiger partial charge in [-0.05, 0) is 30.3 Å². The largest absolute Gasteiger partial charge is 0.493 e. The molecule has 22 heavy (non-hydrogen) atoms. The first-order valence-electron chi connectivity index (χ1n) is 6.79. The zero-order valence-electron chi connectivity index (χ0n) is 11.7. The van der Waals surface area contributed by atoms with Crippen LogP contribution < -0.4 is 4.74 Å². The van der Waals surface area contributed by atoms with Crippen LogP contribution in [0.25, 0.3) is 5.69 Å². The highest BCUT2D eigenvalue weighted by atomic mass is 35.5. The third-order valence-electron chi connectivity index (χ3n) is 2.93. The minimum Gasteiger partial charge on any atom is -0.493 e. The summed E-state index contributed by atoms with van der Waals surface area (Å²) in [7, 11) is 0. The van der Waals surface area contributed by atoms with Gasteiger partial charge in [0.1, 0.15) is 12.1 Å². The van der Waals surface area contributed by atoms with Crippen LogP contribution in [0.4, 0.5) is 0 Å². The Balaban J connectivity index is 1.59. The fourth-order valence-corrected chi connectivity index (χ4v) is 2.87. The van der Waals surface area contributed by atoms with Crippen molar-refractivity contribution in [3.05, 3.63) is 65.9 Å². The quantitative estimate of drug-likeness (QED) is 0.504. The third-order valence-corrected chi connectivity index (χ3v) is 4.07. The minimum absolute atomic E-state index is 0.608. The number of nitrogens with zero attached hydrogens (tertiary/aromatic N) is 3. The maximum atomic E-state index is 6.03. The highest BCUT2D eigenvalue weighted by molar-refractivity contribution is 7.99. The molecule has 0 aliphatic heterocycles. The summed E-state index contributed by atoms with van der Waals surface area (Å²) >= 11 is 7.62. The van der Waals surface area contributed by atoms with Crippen molar-refractivity contribution in [2.45, 2.75) is 5.16 Å². The number of benzene rings is 2. The molecule has 0 amide bonds. The van der Waals surface area contributed by atoms with Crippen molar-refractivity contribution in [1.82, 2.24) is 14.8 Å². The second-order valence-corrected chi connectivity index (χ2v) is 5.97. The molecule has 112 valence electrons. The normalized spacial score (nSPS) is 10.6. The van der Waals surface area contributed by atoms with Crippen molar-refractivity contribution in [3.63, 3.8) is 0 Å². The van der Waals surface area contributed by atoms with E-state index < -0.39 is 0 Å². The molecule has 1 aromatic heterocycles. The maximum absolute atomic E-state index is 6.03. The zero-order chi connectivity index (χ0) is 15.2. The molecule has 0 unspecified atom stereocenters. The van der Waals surface area contributed by atoms with Crippen molar-refractivity contribution in [2.24, 2.45) is 0 Å². The summed E-state index contributed by atoms with van der Waals surface area (Å²) in [5.41, 5.74) is 0.948. The molecule has 3 rings (SSSR count). The lowest BCUT2D eigenvalue weighted by atomic mass is 10.3. The number of halogens is 1. The third kappa shape index (κ3) is 3.81. The lowest BCUT2D eigenvalue weighted by Crippen LogP contribution is -2.02.